The maximum atomic E-state index is 12.2. The summed E-state index contributed by atoms with van der Waals surface area (Å²) in [6.07, 6.45) is 2.94. The summed E-state index contributed by atoms with van der Waals surface area (Å²) < 4.78 is 10.8. The number of hydrogen-bond acceptors (Lipinski definition) is 3. The van der Waals surface area contributed by atoms with Crippen molar-refractivity contribution in [3.05, 3.63) is 0 Å². The molecule has 1 heterocycles. The van der Waals surface area contributed by atoms with Gasteiger partial charge in [-0.3, -0.25) is 4.79 Å². The summed E-state index contributed by atoms with van der Waals surface area (Å²) in [4.78, 5) is 12.2. The smallest absolute Gasteiger partial charge is 0.167 e. The summed E-state index contributed by atoms with van der Waals surface area (Å²) in [5, 5.41) is 0. The molecule has 1 aliphatic heterocycles. The molecule has 16 heavy (non-hydrogen) atoms. The van der Waals surface area contributed by atoms with E-state index in [-0.39, 0.29) is 17.8 Å². The van der Waals surface area contributed by atoms with Crippen LogP contribution in [-0.4, -0.2) is 31.7 Å². The molecule has 4 atom stereocenters. The van der Waals surface area contributed by atoms with Crippen LogP contribution in [0.25, 0.3) is 0 Å². The number of carbonyl (C=O) groups excluding carboxylic acids is 1. The molecular formula is C13H22O3. The second-order valence-electron chi connectivity index (χ2n) is 5.30. The Balaban J connectivity index is 1.89. The van der Waals surface area contributed by atoms with E-state index in [1.54, 1.807) is 0 Å². The summed E-state index contributed by atoms with van der Waals surface area (Å²) in [6.45, 7) is 6.18. The molecule has 0 aromatic rings. The van der Waals surface area contributed by atoms with E-state index in [9.17, 15) is 4.79 Å². The van der Waals surface area contributed by atoms with Gasteiger partial charge in [0.25, 0.3) is 0 Å². The first-order chi connectivity index (χ1) is 7.68. The van der Waals surface area contributed by atoms with E-state index >= 15 is 0 Å². The highest BCUT2D eigenvalue weighted by atomic mass is 16.6. The molecule has 0 amide bonds. The predicted octanol–water partition coefficient (Wildman–Crippen LogP) is 2.04. The average molecular weight is 226 g/mol. The molecule has 1 saturated carbocycles. The molecule has 0 aromatic carbocycles. The standard InChI is InChI=1S/C13H22O3/c1-9-3-4-11(7-10(9)2)13(14)12-8-15-5-6-16-12/h9-12H,3-8H2,1-2H3. The molecule has 3 heteroatoms. The van der Waals surface area contributed by atoms with Gasteiger partial charge in [-0.15, -0.1) is 0 Å². The SMILES string of the molecule is CC1CCC(C(=O)C2COCCO2)CC1C. The number of rotatable bonds is 2. The minimum Gasteiger partial charge on any atom is -0.376 e. The zero-order valence-electron chi connectivity index (χ0n) is 10.3. The average Bonchev–Trinajstić information content (AvgIpc) is 2.33. The summed E-state index contributed by atoms with van der Waals surface area (Å²) in [6, 6.07) is 0. The van der Waals surface area contributed by atoms with Gasteiger partial charge in [-0.25, -0.2) is 0 Å². The van der Waals surface area contributed by atoms with E-state index in [0.717, 1.165) is 18.8 Å². The van der Waals surface area contributed by atoms with Crippen molar-refractivity contribution in [1.29, 1.82) is 0 Å². The Hall–Kier alpha value is -0.410. The molecule has 4 unspecified atom stereocenters. The number of ether oxygens (including phenoxy) is 2. The van der Waals surface area contributed by atoms with Crippen molar-refractivity contribution in [1.82, 2.24) is 0 Å². The second kappa shape index (κ2) is 5.28. The van der Waals surface area contributed by atoms with Crippen molar-refractivity contribution in [3.8, 4) is 0 Å². The first-order valence-electron chi connectivity index (χ1n) is 6.41. The van der Waals surface area contributed by atoms with Gasteiger partial charge < -0.3 is 9.47 Å². The third-order valence-corrected chi connectivity index (χ3v) is 4.13. The van der Waals surface area contributed by atoms with Gasteiger partial charge in [-0.2, -0.15) is 0 Å². The van der Waals surface area contributed by atoms with Gasteiger partial charge in [-0.05, 0) is 31.1 Å². The molecule has 92 valence electrons. The topological polar surface area (TPSA) is 35.5 Å². The molecular weight excluding hydrogens is 204 g/mol. The Morgan fingerprint density at radius 1 is 1.12 bits per heavy atom. The van der Waals surface area contributed by atoms with Crippen molar-refractivity contribution in [3.63, 3.8) is 0 Å². The van der Waals surface area contributed by atoms with Crippen molar-refractivity contribution < 1.29 is 14.3 Å². The van der Waals surface area contributed by atoms with Crippen LogP contribution in [0.5, 0.6) is 0 Å². The fourth-order valence-corrected chi connectivity index (χ4v) is 2.72. The highest BCUT2D eigenvalue weighted by Crippen LogP contribution is 2.34. The van der Waals surface area contributed by atoms with Gasteiger partial charge in [-0.1, -0.05) is 13.8 Å². The number of carbonyl (C=O) groups is 1. The van der Waals surface area contributed by atoms with Crippen LogP contribution in [0, 0.1) is 17.8 Å². The molecule has 1 saturated heterocycles. The van der Waals surface area contributed by atoms with Crippen molar-refractivity contribution in [2.75, 3.05) is 19.8 Å². The Morgan fingerprint density at radius 2 is 1.94 bits per heavy atom. The van der Waals surface area contributed by atoms with Crippen LogP contribution in [0.1, 0.15) is 33.1 Å². The van der Waals surface area contributed by atoms with Crippen molar-refractivity contribution in [2.24, 2.45) is 17.8 Å². The van der Waals surface area contributed by atoms with Crippen molar-refractivity contribution >= 4 is 5.78 Å². The molecule has 2 rings (SSSR count). The maximum Gasteiger partial charge on any atom is 0.167 e. The van der Waals surface area contributed by atoms with Crippen LogP contribution in [-0.2, 0) is 14.3 Å². The van der Waals surface area contributed by atoms with E-state index in [4.69, 9.17) is 9.47 Å². The van der Waals surface area contributed by atoms with Crippen molar-refractivity contribution in [2.45, 2.75) is 39.2 Å². The molecule has 3 nitrogen and oxygen atoms in total. The van der Waals surface area contributed by atoms with Crippen LogP contribution in [0.2, 0.25) is 0 Å². The van der Waals surface area contributed by atoms with Gasteiger partial charge in [0.15, 0.2) is 5.78 Å². The van der Waals surface area contributed by atoms with E-state index in [2.05, 4.69) is 13.8 Å². The zero-order valence-corrected chi connectivity index (χ0v) is 10.3. The molecule has 0 N–H and O–H groups in total. The van der Waals surface area contributed by atoms with Crippen LogP contribution in [0.15, 0.2) is 0 Å². The van der Waals surface area contributed by atoms with Crippen LogP contribution in [0.3, 0.4) is 0 Å². The van der Waals surface area contributed by atoms with E-state index in [1.165, 1.54) is 6.42 Å². The highest BCUT2D eigenvalue weighted by molar-refractivity contribution is 5.85. The molecule has 0 bridgehead atoms. The molecule has 2 aliphatic rings. The molecule has 2 fully saturated rings. The molecule has 0 radical (unpaired) electrons. The first kappa shape index (κ1) is 12.1. The Bertz CT molecular complexity index is 246. The monoisotopic (exact) mass is 226 g/mol. The van der Waals surface area contributed by atoms with E-state index in [0.29, 0.717) is 25.7 Å². The molecule has 0 spiro atoms. The van der Waals surface area contributed by atoms with Gasteiger partial charge in [0.05, 0.1) is 19.8 Å². The number of Topliss-reactive ketones (excluding diaryl/α,β-unsaturated/α-hetero) is 1. The summed E-state index contributed by atoms with van der Waals surface area (Å²) >= 11 is 0. The summed E-state index contributed by atoms with van der Waals surface area (Å²) in [5.74, 6) is 1.90. The number of hydrogen-bond donors (Lipinski definition) is 0. The second-order valence-corrected chi connectivity index (χ2v) is 5.30. The minimum absolute atomic E-state index is 0.206. The van der Waals surface area contributed by atoms with Gasteiger partial charge >= 0.3 is 0 Å². The Labute approximate surface area is 97.5 Å². The van der Waals surface area contributed by atoms with Crippen LogP contribution < -0.4 is 0 Å². The van der Waals surface area contributed by atoms with Gasteiger partial charge in [0.2, 0.25) is 0 Å². The summed E-state index contributed by atoms with van der Waals surface area (Å²) in [5.41, 5.74) is 0. The lowest BCUT2D eigenvalue weighted by atomic mass is 9.73. The fraction of sp³-hybridized carbons (Fsp3) is 0.923. The van der Waals surface area contributed by atoms with Gasteiger partial charge in [0.1, 0.15) is 6.10 Å². The predicted molar refractivity (Wildman–Crippen MR) is 61.2 cm³/mol. The third kappa shape index (κ3) is 2.64. The molecule has 0 aromatic heterocycles. The first-order valence-corrected chi connectivity index (χ1v) is 6.41. The fourth-order valence-electron chi connectivity index (χ4n) is 2.72. The third-order valence-electron chi connectivity index (χ3n) is 4.13. The van der Waals surface area contributed by atoms with E-state index in [1.807, 2.05) is 0 Å². The minimum atomic E-state index is -0.292. The Morgan fingerprint density at radius 3 is 2.56 bits per heavy atom. The largest absolute Gasteiger partial charge is 0.376 e. The van der Waals surface area contributed by atoms with Crippen LogP contribution in [0.4, 0.5) is 0 Å². The van der Waals surface area contributed by atoms with Gasteiger partial charge in [0, 0.05) is 5.92 Å². The summed E-state index contributed by atoms with van der Waals surface area (Å²) in [7, 11) is 0. The number of ketones is 1. The maximum absolute atomic E-state index is 12.2. The lowest BCUT2D eigenvalue weighted by Gasteiger charge is -2.33. The van der Waals surface area contributed by atoms with E-state index < -0.39 is 0 Å². The quantitative estimate of drug-likeness (QED) is 0.723. The van der Waals surface area contributed by atoms with Crippen LogP contribution >= 0.6 is 0 Å². The highest BCUT2D eigenvalue weighted by Gasteiger charge is 2.34. The molecule has 1 aliphatic carbocycles. The normalized spacial score (nSPS) is 40.6. The zero-order chi connectivity index (χ0) is 11.5. The lowest BCUT2D eigenvalue weighted by Crippen LogP contribution is -2.40. The Kier molecular flexibility index (Phi) is 3.98. The lowest BCUT2D eigenvalue weighted by molar-refractivity contribution is -0.151.